The first-order valence-electron chi connectivity index (χ1n) is 10.9. The van der Waals surface area contributed by atoms with Crippen molar-refractivity contribution in [3.05, 3.63) is 98.5 Å². The van der Waals surface area contributed by atoms with Gasteiger partial charge in [-0.05, 0) is 59.8 Å². The smallest absolute Gasteiger partial charge is 0.227 e. The minimum atomic E-state index is -0.346. The molecule has 2 atom stereocenters. The van der Waals surface area contributed by atoms with E-state index in [2.05, 4.69) is 45.5 Å². The summed E-state index contributed by atoms with van der Waals surface area (Å²) in [7, 11) is 1.67. The van der Waals surface area contributed by atoms with Gasteiger partial charge < -0.3 is 14.8 Å². The van der Waals surface area contributed by atoms with Crippen molar-refractivity contribution in [1.82, 2.24) is 14.8 Å². The number of hydrogen-bond acceptors (Lipinski definition) is 6. The largest absolute Gasteiger partial charge is 0.497 e. The molecule has 2 aliphatic rings. The molecule has 6 nitrogen and oxygen atoms in total. The van der Waals surface area contributed by atoms with Crippen molar-refractivity contribution in [2.75, 3.05) is 18.7 Å². The summed E-state index contributed by atoms with van der Waals surface area (Å²) >= 11 is 11.5. The summed E-state index contributed by atoms with van der Waals surface area (Å²) in [6, 6.07) is 21.7. The summed E-state index contributed by atoms with van der Waals surface area (Å²) in [5, 5.41) is 9.71. The number of ether oxygens (including phenoxy) is 2. The average molecular weight is 568 g/mol. The lowest BCUT2D eigenvalue weighted by Crippen LogP contribution is -2.32. The third kappa shape index (κ3) is 3.90. The minimum Gasteiger partial charge on any atom is -0.497 e. The van der Waals surface area contributed by atoms with Crippen LogP contribution in [-0.2, 0) is 0 Å². The highest BCUT2D eigenvalue weighted by atomic mass is 79.9. The Balaban J connectivity index is 1.62. The normalized spacial score (nSPS) is 18.2. The third-order valence-electron chi connectivity index (χ3n) is 6.20. The summed E-state index contributed by atoms with van der Waals surface area (Å²) in [6.07, 6.45) is 1.63. The van der Waals surface area contributed by atoms with Crippen molar-refractivity contribution in [1.29, 1.82) is 0 Å². The van der Waals surface area contributed by atoms with Crippen LogP contribution in [0, 0.1) is 0 Å². The van der Waals surface area contributed by atoms with Crippen LogP contribution in [0.15, 0.2) is 81.9 Å². The molecule has 0 fully saturated rings. The van der Waals surface area contributed by atoms with Crippen LogP contribution >= 0.6 is 39.3 Å². The molecule has 3 aromatic carbocycles. The van der Waals surface area contributed by atoms with Gasteiger partial charge in [-0.25, -0.2) is 4.68 Å². The fraction of sp³-hybridized carbons (Fsp3) is 0.154. The molecule has 2 aliphatic heterocycles. The molecule has 0 saturated carbocycles. The van der Waals surface area contributed by atoms with Gasteiger partial charge in [0.05, 0.1) is 12.8 Å². The second-order valence-corrected chi connectivity index (χ2v) is 10.3. The summed E-state index contributed by atoms with van der Waals surface area (Å²) < 4.78 is 15.0. The number of aromatic nitrogens is 3. The standard InChI is InChI=1S/C26H20BrClN4O2S/c1-33-18-10-5-14(6-11-18)23-21-22(29-25-30-26(35-2)31-32(23)25)19-13-17(28)9-12-20(19)34-24(21)15-3-7-16(27)8-4-15/h3-13,23-24H,1-2H3,(H,29,30,31)/t23-,24-/m0/s1. The molecular formula is C26H20BrClN4O2S. The van der Waals surface area contributed by atoms with Gasteiger partial charge in [0.2, 0.25) is 11.1 Å². The van der Waals surface area contributed by atoms with Gasteiger partial charge >= 0.3 is 0 Å². The van der Waals surface area contributed by atoms with Crippen LogP contribution in [0.3, 0.4) is 0 Å². The van der Waals surface area contributed by atoms with Gasteiger partial charge in [0.15, 0.2) is 0 Å². The van der Waals surface area contributed by atoms with Crippen molar-refractivity contribution in [3.63, 3.8) is 0 Å². The van der Waals surface area contributed by atoms with Crippen LogP contribution in [0.4, 0.5) is 5.95 Å². The van der Waals surface area contributed by atoms with Crippen molar-refractivity contribution in [2.24, 2.45) is 0 Å². The highest BCUT2D eigenvalue weighted by Crippen LogP contribution is 2.51. The van der Waals surface area contributed by atoms with E-state index in [0.29, 0.717) is 16.1 Å². The topological polar surface area (TPSA) is 61.2 Å². The number of thioether (sulfide) groups is 1. The third-order valence-corrected chi connectivity index (χ3v) is 7.50. The van der Waals surface area contributed by atoms with Gasteiger partial charge in [0.1, 0.15) is 23.6 Å². The Labute approximate surface area is 220 Å². The lowest BCUT2D eigenvalue weighted by molar-refractivity contribution is 0.223. The fourth-order valence-electron chi connectivity index (χ4n) is 4.59. The molecule has 176 valence electrons. The lowest BCUT2D eigenvalue weighted by atomic mass is 9.84. The van der Waals surface area contributed by atoms with Gasteiger partial charge in [-0.15, -0.1) is 5.10 Å². The zero-order valence-corrected chi connectivity index (χ0v) is 22.0. The highest BCUT2D eigenvalue weighted by molar-refractivity contribution is 9.10. The molecule has 6 rings (SSSR count). The van der Waals surface area contributed by atoms with Crippen LogP contribution in [0.2, 0.25) is 5.02 Å². The van der Waals surface area contributed by atoms with E-state index in [-0.39, 0.29) is 12.1 Å². The molecule has 1 N–H and O–H groups in total. The van der Waals surface area contributed by atoms with Gasteiger partial charge in [0.25, 0.3) is 0 Å². The van der Waals surface area contributed by atoms with Crippen LogP contribution < -0.4 is 14.8 Å². The van der Waals surface area contributed by atoms with Crippen molar-refractivity contribution >= 4 is 50.9 Å². The maximum atomic E-state index is 6.66. The Bertz CT molecular complexity index is 1450. The number of anilines is 1. The van der Waals surface area contributed by atoms with E-state index >= 15 is 0 Å². The Hall–Kier alpha value is -2.94. The number of hydrogen-bond donors (Lipinski definition) is 1. The summed E-state index contributed by atoms with van der Waals surface area (Å²) in [6.45, 7) is 0. The molecule has 0 amide bonds. The summed E-state index contributed by atoms with van der Waals surface area (Å²) in [4.78, 5) is 4.74. The molecule has 9 heteroatoms. The number of methoxy groups -OCH3 is 1. The number of nitrogens with one attached hydrogen (secondary N) is 1. The Morgan fingerprint density at radius 2 is 1.80 bits per heavy atom. The van der Waals surface area contributed by atoms with Crippen molar-refractivity contribution in [3.8, 4) is 11.5 Å². The number of benzene rings is 3. The molecule has 0 saturated heterocycles. The lowest BCUT2D eigenvalue weighted by Gasteiger charge is -2.39. The van der Waals surface area contributed by atoms with Gasteiger partial charge in [0, 0.05) is 20.6 Å². The Kier molecular flexibility index (Phi) is 5.75. The number of rotatable bonds is 4. The molecule has 3 heterocycles. The summed E-state index contributed by atoms with van der Waals surface area (Å²) in [5.41, 5.74) is 4.97. The van der Waals surface area contributed by atoms with Crippen LogP contribution in [0.1, 0.15) is 28.8 Å². The molecule has 0 bridgehead atoms. The number of halogens is 2. The number of nitrogens with zero attached hydrogens (tertiary/aromatic N) is 3. The van der Waals surface area contributed by atoms with Gasteiger partial charge in [-0.1, -0.05) is 63.6 Å². The molecule has 0 radical (unpaired) electrons. The SMILES string of the molecule is COc1ccc([C@H]2C3=C(Nc4nc(SC)nn42)c2cc(Cl)ccc2O[C@H]3c2ccc(Br)cc2)cc1. The van der Waals surface area contributed by atoms with Gasteiger partial charge in [-0.2, -0.15) is 4.98 Å². The molecule has 35 heavy (non-hydrogen) atoms. The predicted octanol–water partition coefficient (Wildman–Crippen LogP) is 6.98. The Morgan fingerprint density at radius 1 is 1.06 bits per heavy atom. The van der Waals surface area contributed by atoms with E-state index in [0.717, 1.165) is 43.9 Å². The second-order valence-electron chi connectivity index (χ2n) is 8.19. The fourth-order valence-corrected chi connectivity index (χ4v) is 5.37. The molecule has 4 aromatic rings. The molecule has 0 spiro atoms. The number of fused-ring (bicyclic) bond motifs is 3. The highest BCUT2D eigenvalue weighted by Gasteiger charge is 2.41. The zero-order valence-electron chi connectivity index (χ0n) is 18.8. The van der Waals surface area contributed by atoms with E-state index < -0.39 is 0 Å². The van der Waals surface area contributed by atoms with Crippen LogP contribution in [0.5, 0.6) is 11.5 Å². The minimum absolute atomic E-state index is 0.249. The average Bonchev–Trinajstić information content (AvgIpc) is 3.31. The first-order valence-corrected chi connectivity index (χ1v) is 13.3. The molecule has 0 unspecified atom stereocenters. The monoisotopic (exact) mass is 566 g/mol. The van der Waals surface area contributed by atoms with E-state index in [1.54, 1.807) is 7.11 Å². The van der Waals surface area contributed by atoms with E-state index in [4.69, 9.17) is 31.2 Å². The van der Waals surface area contributed by atoms with Crippen molar-refractivity contribution < 1.29 is 9.47 Å². The van der Waals surface area contributed by atoms with Crippen LogP contribution in [-0.4, -0.2) is 28.1 Å². The summed E-state index contributed by atoms with van der Waals surface area (Å²) in [5.74, 6) is 2.23. The molecular weight excluding hydrogens is 548 g/mol. The first-order chi connectivity index (χ1) is 17.1. The van der Waals surface area contributed by atoms with Crippen LogP contribution in [0.25, 0.3) is 5.70 Å². The molecule has 0 aliphatic carbocycles. The maximum Gasteiger partial charge on any atom is 0.227 e. The van der Waals surface area contributed by atoms with Gasteiger partial charge in [-0.3, -0.25) is 0 Å². The Morgan fingerprint density at radius 3 is 2.51 bits per heavy atom. The maximum absolute atomic E-state index is 6.66. The van der Waals surface area contributed by atoms with E-state index in [9.17, 15) is 0 Å². The molecule has 1 aromatic heterocycles. The zero-order chi connectivity index (χ0) is 24.1. The van der Waals surface area contributed by atoms with E-state index in [1.807, 2.05) is 53.4 Å². The predicted molar refractivity (Wildman–Crippen MR) is 142 cm³/mol. The first kappa shape index (κ1) is 22.5. The second kappa shape index (κ2) is 8.93. The quantitative estimate of drug-likeness (QED) is 0.268. The van der Waals surface area contributed by atoms with E-state index in [1.165, 1.54) is 11.8 Å². The van der Waals surface area contributed by atoms with Crippen molar-refractivity contribution in [2.45, 2.75) is 17.3 Å².